The number of carbonyl (C=O) groups excluding carboxylic acids is 2. The van der Waals surface area contributed by atoms with Gasteiger partial charge in [0.25, 0.3) is 5.91 Å². The fraction of sp³-hybridized carbons (Fsp3) is 0.129. The van der Waals surface area contributed by atoms with E-state index in [0.29, 0.717) is 28.8 Å². The number of aromatic nitrogens is 2. The molecule has 1 N–H and O–H groups in total. The zero-order valence-electron chi connectivity index (χ0n) is 22.1. The Bertz CT molecular complexity index is 1560. The van der Waals surface area contributed by atoms with Crippen LogP contribution in [0.15, 0.2) is 103 Å². The highest BCUT2D eigenvalue weighted by Crippen LogP contribution is 2.27. The molecule has 0 atom stereocenters. The first-order valence-corrected chi connectivity index (χ1v) is 13.5. The number of nitrogens with one attached hydrogen (secondary N) is 1. The predicted octanol–water partition coefficient (Wildman–Crippen LogP) is 5.90. The molecule has 2 aromatic heterocycles. The van der Waals surface area contributed by atoms with Crippen molar-refractivity contribution in [3.63, 3.8) is 0 Å². The van der Waals surface area contributed by atoms with Gasteiger partial charge in [0.2, 0.25) is 11.9 Å². The summed E-state index contributed by atoms with van der Waals surface area (Å²) in [5.74, 6) is 1.23. The van der Waals surface area contributed by atoms with E-state index in [1.54, 1.807) is 29.8 Å². The molecule has 0 unspecified atom stereocenters. The Morgan fingerprint density at radius 2 is 1.55 bits per heavy atom. The van der Waals surface area contributed by atoms with Crippen LogP contribution in [-0.2, 0) is 11.3 Å². The second-order valence-corrected chi connectivity index (χ2v) is 9.87. The number of methoxy groups -OCH3 is 2. The average molecular weight is 553 g/mol. The topological polar surface area (TPSA) is 85.7 Å². The van der Waals surface area contributed by atoms with Crippen molar-refractivity contribution in [3.05, 3.63) is 113 Å². The van der Waals surface area contributed by atoms with Crippen molar-refractivity contribution in [1.82, 2.24) is 14.5 Å². The lowest BCUT2D eigenvalue weighted by Gasteiger charge is -2.22. The number of imidazole rings is 1. The summed E-state index contributed by atoms with van der Waals surface area (Å²) in [4.78, 5) is 33.6. The van der Waals surface area contributed by atoms with Gasteiger partial charge in [-0.05, 0) is 65.5 Å². The van der Waals surface area contributed by atoms with Gasteiger partial charge < -0.3 is 14.4 Å². The highest BCUT2D eigenvalue weighted by molar-refractivity contribution is 7.12. The van der Waals surface area contributed by atoms with Gasteiger partial charge in [-0.15, -0.1) is 11.3 Å². The number of hydrogen-bond donors (Lipinski definition) is 1. The molecule has 8 nitrogen and oxygen atoms in total. The maximum atomic E-state index is 13.4. The molecule has 3 aromatic carbocycles. The number of carbonyl (C=O) groups is 2. The minimum atomic E-state index is -0.359. The molecule has 0 aliphatic carbocycles. The lowest BCUT2D eigenvalue weighted by Crippen LogP contribution is -2.37. The van der Waals surface area contributed by atoms with Crippen molar-refractivity contribution in [2.24, 2.45) is 0 Å². The van der Waals surface area contributed by atoms with E-state index in [0.717, 1.165) is 22.6 Å². The second kappa shape index (κ2) is 12.3. The summed E-state index contributed by atoms with van der Waals surface area (Å²) in [5, 5.41) is 4.78. The van der Waals surface area contributed by atoms with Gasteiger partial charge in [0.15, 0.2) is 0 Å². The average Bonchev–Trinajstić information content (AvgIpc) is 3.68. The molecule has 0 bridgehead atoms. The lowest BCUT2D eigenvalue weighted by molar-refractivity contribution is -0.117. The van der Waals surface area contributed by atoms with Gasteiger partial charge in [0.1, 0.15) is 18.0 Å². The molecule has 0 aliphatic rings. The molecule has 0 saturated heterocycles. The Balaban J connectivity index is 1.43. The molecule has 40 heavy (non-hydrogen) atoms. The van der Waals surface area contributed by atoms with Crippen molar-refractivity contribution in [1.29, 1.82) is 0 Å². The van der Waals surface area contributed by atoms with Crippen LogP contribution in [0.2, 0.25) is 0 Å². The highest BCUT2D eigenvalue weighted by Gasteiger charge is 2.22. The van der Waals surface area contributed by atoms with Crippen LogP contribution in [0.3, 0.4) is 0 Å². The van der Waals surface area contributed by atoms with E-state index in [-0.39, 0.29) is 18.4 Å². The maximum Gasteiger partial charge on any atom is 0.264 e. The van der Waals surface area contributed by atoms with E-state index < -0.39 is 0 Å². The van der Waals surface area contributed by atoms with Crippen LogP contribution < -0.4 is 14.8 Å². The van der Waals surface area contributed by atoms with Crippen LogP contribution >= 0.6 is 11.3 Å². The number of benzene rings is 3. The molecular weight excluding hydrogens is 524 g/mol. The van der Waals surface area contributed by atoms with Crippen molar-refractivity contribution in [2.75, 3.05) is 26.1 Å². The molecule has 9 heteroatoms. The Morgan fingerprint density at radius 1 is 0.875 bits per heavy atom. The number of nitrogens with zero attached hydrogens (tertiary/aromatic N) is 3. The summed E-state index contributed by atoms with van der Waals surface area (Å²) in [6, 6.07) is 28.2. The van der Waals surface area contributed by atoms with Gasteiger partial charge in [-0.1, -0.05) is 36.4 Å². The zero-order valence-corrected chi connectivity index (χ0v) is 22.9. The van der Waals surface area contributed by atoms with Crippen LogP contribution in [0.5, 0.6) is 11.5 Å². The fourth-order valence-electron chi connectivity index (χ4n) is 4.21. The number of thiophene rings is 1. The van der Waals surface area contributed by atoms with Gasteiger partial charge in [-0.3, -0.25) is 19.5 Å². The van der Waals surface area contributed by atoms with Gasteiger partial charge in [-0.25, -0.2) is 4.98 Å². The number of hydrogen-bond acceptors (Lipinski definition) is 6. The normalized spacial score (nSPS) is 10.7. The molecule has 2 amide bonds. The Labute approximate surface area is 236 Å². The van der Waals surface area contributed by atoms with Gasteiger partial charge in [-0.2, -0.15) is 0 Å². The fourth-order valence-corrected chi connectivity index (χ4v) is 4.90. The SMILES string of the molecule is COc1ccc(-c2cn(-c3ccc(OC)cc3)c(NC(=O)CN(Cc3ccccc3)C(=O)c3cccs3)n2)cc1. The largest absolute Gasteiger partial charge is 0.497 e. The summed E-state index contributed by atoms with van der Waals surface area (Å²) < 4.78 is 12.4. The van der Waals surface area contributed by atoms with Crippen LogP contribution in [0.25, 0.3) is 16.9 Å². The third-order valence-electron chi connectivity index (χ3n) is 6.26. The first-order valence-electron chi connectivity index (χ1n) is 12.6. The first-order chi connectivity index (χ1) is 19.5. The molecule has 5 aromatic rings. The van der Waals surface area contributed by atoms with Crippen LogP contribution in [0.4, 0.5) is 5.95 Å². The molecule has 0 radical (unpaired) electrons. The van der Waals surface area contributed by atoms with E-state index in [1.807, 2.05) is 96.5 Å². The highest BCUT2D eigenvalue weighted by atomic mass is 32.1. The van der Waals surface area contributed by atoms with Gasteiger partial charge >= 0.3 is 0 Å². The molecule has 2 heterocycles. The Kier molecular flexibility index (Phi) is 8.22. The zero-order chi connectivity index (χ0) is 27.9. The summed E-state index contributed by atoms with van der Waals surface area (Å²) in [6.45, 7) is 0.161. The van der Waals surface area contributed by atoms with Crippen LogP contribution in [0, 0.1) is 0 Å². The van der Waals surface area contributed by atoms with E-state index in [2.05, 4.69) is 5.32 Å². The standard InChI is InChI=1S/C31H28N4O4S/c1-38-25-14-10-23(11-15-25)27-20-35(24-12-16-26(39-2)17-13-24)31(32-27)33-29(36)21-34(19-22-7-4-3-5-8-22)30(37)28-9-6-18-40-28/h3-18,20H,19,21H2,1-2H3,(H,32,33,36). The number of ether oxygens (including phenoxy) is 2. The summed E-state index contributed by atoms with van der Waals surface area (Å²) in [7, 11) is 3.23. The molecule has 202 valence electrons. The molecule has 5 rings (SSSR count). The van der Waals surface area contributed by atoms with E-state index in [9.17, 15) is 9.59 Å². The minimum Gasteiger partial charge on any atom is -0.497 e. The molecular formula is C31H28N4O4S. The monoisotopic (exact) mass is 552 g/mol. The van der Waals surface area contributed by atoms with E-state index in [4.69, 9.17) is 14.5 Å². The van der Waals surface area contributed by atoms with Crippen molar-refractivity contribution >= 4 is 29.1 Å². The van der Waals surface area contributed by atoms with E-state index >= 15 is 0 Å². The number of amides is 2. The molecule has 0 spiro atoms. The molecule has 0 saturated carbocycles. The molecule has 0 aliphatic heterocycles. The lowest BCUT2D eigenvalue weighted by atomic mass is 10.1. The van der Waals surface area contributed by atoms with Crippen molar-refractivity contribution in [2.45, 2.75) is 6.54 Å². The first kappa shape index (κ1) is 26.7. The van der Waals surface area contributed by atoms with Crippen LogP contribution in [-0.4, -0.2) is 47.0 Å². The third kappa shape index (κ3) is 6.22. The van der Waals surface area contributed by atoms with Gasteiger partial charge in [0.05, 0.1) is 24.8 Å². The van der Waals surface area contributed by atoms with Gasteiger partial charge in [0, 0.05) is 24.0 Å². The smallest absolute Gasteiger partial charge is 0.264 e. The Hall–Kier alpha value is -4.89. The quantitative estimate of drug-likeness (QED) is 0.233. The molecule has 0 fully saturated rings. The summed E-state index contributed by atoms with van der Waals surface area (Å²) in [6.07, 6.45) is 1.86. The van der Waals surface area contributed by atoms with Crippen molar-refractivity contribution in [3.8, 4) is 28.4 Å². The minimum absolute atomic E-state index is 0.140. The second-order valence-electron chi connectivity index (χ2n) is 8.92. The number of rotatable bonds is 10. The summed E-state index contributed by atoms with van der Waals surface area (Å²) >= 11 is 1.35. The third-order valence-corrected chi connectivity index (χ3v) is 7.12. The maximum absolute atomic E-state index is 13.4. The van der Waals surface area contributed by atoms with E-state index in [1.165, 1.54) is 11.3 Å². The van der Waals surface area contributed by atoms with Crippen molar-refractivity contribution < 1.29 is 19.1 Å². The Morgan fingerprint density at radius 3 is 2.17 bits per heavy atom. The van der Waals surface area contributed by atoms with Crippen LogP contribution in [0.1, 0.15) is 15.2 Å². The number of anilines is 1. The summed E-state index contributed by atoms with van der Waals surface area (Å²) in [5.41, 5.74) is 3.26. The predicted molar refractivity (Wildman–Crippen MR) is 156 cm³/mol.